The van der Waals surface area contributed by atoms with Crippen LogP contribution in [0.2, 0.25) is 0 Å². The van der Waals surface area contributed by atoms with Crippen molar-refractivity contribution in [2.24, 2.45) is 0 Å². The van der Waals surface area contributed by atoms with E-state index in [9.17, 15) is 0 Å². The molecule has 3 aliphatic heterocycles. The van der Waals surface area contributed by atoms with E-state index in [2.05, 4.69) is 12.1 Å². The minimum atomic E-state index is -0.496. The van der Waals surface area contributed by atoms with E-state index in [4.69, 9.17) is 28.4 Å². The molecular formula is C25H34O6. The van der Waals surface area contributed by atoms with Gasteiger partial charge in [-0.05, 0) is 31.2 Å². The molecule has 0 unspecified atom stereocenters. The van der Waals surface area contributed by atoms with Crippen molar-refractivity contribution in [3.8, 4) is 0 Å². The quantitative estimate of drug-likeness (QED) is 0.704. The van der Waals surface area contributed by atoms with Crippen LogP contribution >= 0.6 is 0 Å². The molecule has 5 fully saturated rings. The summed E-state index contributed by atoms with van der Waals surface area (Å²) in [6, 6.07) is 10.3. The molecule has 1 aromatic carbocycles. The topological polar surface area (TPSA) is 55.4 Å². The largest absolute Gasteiger partial charge is 0.368 e. The smallest absolute Gasteiger partial charge is 0.190 e. The van der Waals surface area contributed by atoms with Crippen LogP contribution in [0.4, 0.5) is 0 Å². The minimum absolute atomic E-state index is 0.154. The fourth-order valence-corrected chi connectivity index (χ4v) is 6.03. The Morgan fingerprint density at radius 1 is 0.774 bits per heavy atom. The zero-order valence-corrected chi connectivity index (χ0v) is 18.2. The van der Waals surface area contributed by atoms with Crippen LogP contribution in [0.15, 0.2) is 30.3 Å². The molecule has 2 saturated carbocycles. The molecule has 170 valence electrons. The van der Waals surface area contributed by atoms with Gasteiger partial charge in [0.2, 0.25) is 0 Å². The molecule has 3 heterocycles. The highest BCUT2D eigenvalue weighted by molar-refractivity contribution is 5.14. The number of rotatable bonds is 4. The lowest BCUT2D eigenvalue weighted by atomic mass is 9.94. The number of benzene rings is 1. The summed E-state index contributed by atoms with van der Waals surface area (Å²) in [6.07, 6.45) is 9.65. The second kappa shape index (κ2) is 8.40. The van der Waals surface area contributed by atoms with Crippen LogP contribution in [0.1, 0.15) is 69.8 Å². The van der Waals surface area contributed by atoms with E-state index in [-0.39, 0.29) is 24.4 Å². The van der Waals surface area contributed by atoms with Gasteiger partial charge in [0.15, 0.2) is 17.9 Å². The number of ether oxygens (including phenoxy) is 6. The van der Waals surface area contributed by atoms with Crippen LogP contribution < -0.4 is 0 Å². The maximum atomic E-state index is 6.57. The van der Waals surface area contributed by atoms with Crippen molar-refractivity contribution in [2.75, 3.05) is 6.61 Å². The van der Waals surface area contributed by atoms with E-state index in [1.807, 2.05) is 18.2 Å². The maximum Gasteiger partial charge on any atom is 0.190 e. The van der Waals surface area contributed by atoms with Gasteiger partial charge in [-0.25, -0.2) is 0 Å². The molecular weight excluding hydrogens is 396 g/mol. The number of hydrogen-bond acceptors (Lipinski definition) is 6. The third-order valence-corrected chi connectivity index (χ3v) is 7.65. The van der Waals surface area contributed by atoms with Gasteiger partial charge in [-0.1, -0.05) is 43.2 Å². The van der Waals surface area contributed by atoms with Crippen molar-refractivity contribution in [1.29, 1.82) is 0 Å². The van der Waals surface area contributed by atoms with Crippen LogP contribution in [0, 0.1) is 0 Å². The minimum Gasteiger partial charge on any atom is -0.368 e. The summed E-state index contributed by atoms with van der Waals surface area (Å²) in [5.74, 6) is -0.926. The van der Waals surface area contributed by atoms with Gasteiger partial charge < -0.3 is 28.4 Å². The van der Waals surface area contributed by atoms with Crippen LogP contribution in [-0.2, 0) is 35.0 Å². The molecule has 3 saturated heterocycles. The van der Waals surface area contributed by atoms with Gasteiger partial charge in [0.25, 0.3) is 0 Å². The fraction of sp³-hybridized carbons (Fsp3) is 0.760. The van der Waals surface area contributed by atoms with Gasteiger partial charge >= 0.3 is 0 Å². The van der Waals surface area contributed by atoms with Gasteiger partial charge in [0.1, 0.15) is 24.4 Å². The Kier molecular flexibility index (Phi) is 5.57. The fourth-order valence-electron chi connectivity index (χ4n) is 6.03. The Hall–Kier alpha value is -1.02. The molecule has 6 nitrogen and oxygen atoms in total. The van der Waals surface area contributed by atoms with Crippen LogP contribution in [-0.4, -0.2) is 48.9 Å². The highest BCUT2D eigenvalue weighted by Gasteiger charge is 2.61. The van der Waals surface area contributed by atoms with Crippen LogP contribution in [0.25, 0.3) is 0 Å². The summed E-state index contributed by atoms with van der Waals surface area (Å²) in [4.78, 5) is 0. The van der Waals surface area contributed by atoms with Gasteiger partial charge in [0.05, 0.1) is 13.2 Å². The predicted octanol–water partition coefficient (Wildman–Crippen LogP) is 4.45. The van der Waals surface area contributed by atoms with E-state index in [1.54, 1.807) is 0 Å². The second-order valence-corrected chi connectivity index (χ2v) is 9.84. The average Bonchev–Trinajstić information content (AvgIpc) is 3.46. The first-order valence-electron chi connectivity index (χ1n) is 12.2. The number of hydrogen-bond donors (Lipinski definition) is 0. The first kappa shape index (κ1) is 20.6. The monoisotopic (exact) mass is 430 g/mol. The molecule has 5 atom stereocenters. The molecule has 1 aromatic rings. The van der Waals surface area contributed by atoms with Gasteiger partial charge in [0, 0.05) is 25.7 Å². The summed E-state index contributed by atoms with van der Waals surface area (Å²) in [7, 11) is 0. The third kappa shape index (κ3) is 3.96. The first-order chi connectivity index (χ1) is 15.2. The molecule has 0 aromatic heterocycles. The Balaban J connectivity index is 1.19. The summed E-state index contributed by atoms with van der Waals surface area (Å²) < 4.78 is 38.6. The van der Waals surface area contributed by atoms with Gasteiger partial charge in [-0.2, -0.15) is 0 Å². The van der Waals surface area contributed by atoms with E-state index >= 15 is 0 Å². The molecule has 0 amide bonds. The van der Waals surface area contributed by atoms with Crippen molar-refractivity contribution < 1.29 is 28.4 Å². The lowest BCUT2D eigenvalue weighted by Gasteiger charge is -2.35. The van der Waals surface area contributed by atoms with Gasteiger partial charge in [-0.15, -0.1) is 0 Å². The summed E-state index contributed by atoms with van der Waals surface area (Å²) in [5, 5.41) is 0. The third-order valence-electron chi connectivity index (χ3n) is 7.65. The highest BCUT2D eigenvalue weighted by Crippen LogP contribution is 2.48. The zero-order valence-electron chi connectivity index (χ0n) is 18.2. The second-order valence-electron chi connectivity index (χ2n) is 9.84. The van der Waals surface area contributed by atoms with Crippen LogP contribution in [0.3, 0.4) is 0 Å². The van der Waals surface area contributed by atoms with Crippen molar-refractivity contribution in [2.45, 2.75) is 113 Å². The normalized spacial score (nSPS) is 38.6. The van der Waals surface area contributed by atoms with Crippen molar-refractivity contribution >= 4 is 0 Å². The van der Waals surface area contributed by atoms with Crippen molar-refractivity contribution in [3.63, 3.8) is 0 Å². The van der Waals surface area contributed by atoms with Crippen LogP contribution in [0.5, 0.6) is 0 Å². The average molecular weight is 431 g/mol. The Labute approximate surface area is 184 Å². The molecule has 2 aliphatic carbocycles. The van der Waals surface area contributed by atoms with E-state index in [0.29, 0.717) is 13.2 Å². The lowest BCUT2D eigenvalue weighted by Crippen LogP contribution is -2.45. The molecule has 0 bridgehead atoms. The summed E-state index contributed by atoms with van der Waals surface area (Å²) >= 11 is 0. The highest BCUT2D eigenvalue weighted by atomic mass is 16.9. The van der Waals surface area contributed by atoms with Crippen molar-refractivity contribution in [3.05, 3.63) is 35.9 Å². The first-order valence-corrected chi connectivity index (χ1v) is 12.2. The van der Waals surface area contributed by atoms with E-state index < -0.39 is 17.9 Å². The summed E-state index contributed by atoms with van der Waals surface area (Å²) in [6.45, 7) is 1.06. The molecule has 0 radical (unpaired) electrons. The van der Waals surface area contributed by atoms with E-state index in [0.717, 1.165) is 56.9 Å². The van der Waals surface area contributed by atoms with Gasteiger partial charge in [-0.3, -0.25) is 0 Å². The zero-order chi connectivity index (χ0) is 20.7. The lowest BCUT2D eigenvalue weighted by molar-refractivity contribution is -0.263. The SMILES string of the molecule is c1ccc(CO[C@@H]2[C@H]3OC4(CCCCC4)O[C@H]3O[C@@H]2[C@H]2COC3(CCCCC3)O2)cc1. The maximum absolute atomic E-state index is 6.57. The molecule has 0 N–H and O–H groups in total. The summed E-state index contributed by atoms with van der Waals surface area (Å²) in [5.41, 5.74) is 1.14. The predicted molar refractivity (Wildman–Crippen MR) is 112 cm³/mol. The molecule has 2 spiro atoms. The number of fused-ring (bicyclic) bond motifs is 1. The molecule has 6 heteroatoms. The Bertz CT molecular complexity index is 742. The molecule has 31 heavy (non-hydrogen) atoms. The standard InChI is InChI=1S/C25H34O6/c1-4-10-18(11-5-1)16-26-21-20(19-17-27-24(29-19)12-6-2-7-13-24)28-23-22(21)30-25(31-23)14-8-3-9-15-25/h1,4-5,10-11,19-23H,2-3,6-9,12-17H2/t19-,20-,21+,22-,23-/m1/s1. The molecule has 6 rings (SSSR count). The Morgan fingerprint density at radius 2 is 1.48 bits per heavy atom. The van der Waals surface area contributed by atoms with E-state index in [1.165, 1.54) is 12.8 Å². The van der Waals surface area contributed by atoms with Crippen molar-refractivity contribution in [1.82, 2.24) is 0 Å². The molecule has 5 aliphatic rings. The Morgan fingerprint density at radius 3 is 2.23 bits per heavy atom.